The Hall–Kier alpha value is -1.94. The van der Waals surface area contributed by atoms with E-state index in [9.17, 15) is 4.79 Å². The van der Waals surface area contributed by atoms with Gasteiger partial charge in [-0.3, -0.25) is 4.79 Å². The van der Waals surface area contributed by atoms with Crippen LogP contribution in [0.25, 0.3) is 11.3 Å². The van der Waals surface area contributed by atoms with E-state index in [-0.39, 0.29) is 17.6 Å². The molecule has 1 saturated heterocycles. The maximum Gasteiger partial charge on any atom is 0.205 e. The Morgan fingerprint density at radius 2 is 1.91 bits per heavy atom. The summed E-state index contributed by atoms with van der Waals surface area (Å²) in [7, 11) is 0. The molecule has 4 heteroatoms. The molecule has 2 heterocycles. The van der Waals surface area contributed by atoms with Gasteiger partial charge in [0, 0.05) is 24.1 Å². The summed E-state index contributed by atoms with van der Waals surface area (Å²) in [6.07, 6.45) is 2.47. The van der Waals surface area contributed by atoms with Crippen molar-refractivity contribution in [2.24, 2.45) is 11.8 Å². The average molecular weight is 312 g/mol. The van der Waals surface area contributed by atoms with Gasteiger partial charge in [-0.15, -0.1) is 0 Å². The van der Waals surface area contributed by atoms with Crippen molar-refractivity contribution in [3.8, 4) is 11.3 Å². The maximum absolute atomic E-state index is 12.9. The molecule has 3 rings (SSSR count). The minimum absolute atomic E-state index is 0.0373. The number of carbonyl (C=O) groups is 1. The van der Waals surface area contributed by atoms with Gasteiger partial charge in [0.15, 0.2) is 0 Å². The SMILES string of the molecule is CC(C)C(CN1CCCC1)C(=O)c1cc(-c2ccccc2)no1. The van der Waals surface area contributed by atoms with E-state index in [1.807, 2.05) is 30.3 Å². The third-order valence-corrected chi connectivity index (χ3v) is 4.62. The Bertz CT molecular complexity index is 642. The second-order valence-corrected chi connectivity index (χ2v) is 6.66. The monoisotopic (exact) mass is 312 g/mol. The molecule has 0 spiro atoms. The molecular formula is C19H24N2O2. The van der Waals surface area contributed by atoms with Crippen LogP contribution in [0, 0.1) is 11.8 Å². The topological polar surface area (TPSA) is 46.3 Å². The van der Waals surface area contributed by atoms with Crippen molar-refractivity contribution in [2.45, 2.75) is 26.7 Å². The van der Waals surface area contributed by atoms with Crippen molar-refractivity contribution in [1.29, 1.82) is 0 Å². The third kappa shape index (κ3) is 3.70. The lowest BCUT2D eigenvalue weighted by molar-refractivity contribution is 0.0807. The molecule has 2 aromatic rings. The zero-order chi connectivity index (χ0) is 16.2. The average Bonchev–Trinajstić information content (AvgIpc) is 3.24. The van der Waals surface area contributed by atoms with Crippen LogP contribution in [0.3, 0.4) is 0 Å². The molecule has 0 aliphatic carbocycles. The fraction of sp³-hybridized carbons (Fsp3) is 0.474. The molecule has 0 bridgehead atoms. The fourth-order valence-electron chi connectivity index (χ4n) is 3.16. The Kier molecular flexibility index (Phi) is 4.91. The fourth-order valence-corrected chi connectivity index (χ4v) is 3.16. The highest BCUT2D eigenvalue weighted by Gasteiger charge is 2.29. The normalized spacial score (nSPS) is 16.8. The van der Waals surface area contributed by atoms with Gasteiger partial charge in [0.05, 0.1) is 0 Å². The molecule has 0 amide bonds. The number of hydrogen-bond acceptors (Lipinski definition) is 4. The van der Waals surface area contributed by atoms with Crippen LogP contribution >= 0.6 is 0 Å². The Labute approximate surface area is 137 Å². The Morgan fingerprint density at radius 3 is 2.57 bits per heavy atom. The first kappa shape index (κ1) is 15.9. The number of nitrogens with zero attached hydrogens (tertiary/aromatic N) is 2. The van der Waals surface area contributed by atoms with E-state index in [0.29, 0.717) is 5.76 Å². The van der Waals surface area contributed by atoms with Gasteiger partial charge < -0.3 is 9.42 Å². The largest absolute Gasteiger partial charge is 0.352 e. The highest BCUT2D eigenvalue weighted by Crippen LogP contribution is 2.24. The summed E-state index contributed by atoms with van der Waals surface area (Å²) < 4.78 is 5.36. The van der Waals surface area contributed by atoms with Gasteiger partial charge in [-0.1, -0.05) is 49.3 Å². The van der Waals surface area contributed by atoms with E-state index >= 15 is 0 Å². The first-order valence-corrected chi connectivity index (χ1v) is 8.44. The summed E-state index contributed by atoms with van der Waals surface area (Å²) in [5.41, 5.74) is 1.69. The number of carbonyl (C=O) groups excluding carboxylic acids is 1. The molecule has 1 aliphatic rings. The van der Waals surface area contributed by atoms with E-state index in [0.717, 1.165) is 30.9 Å². The first-order valence-electron chi connectivity index (χ1n) is 8.44. The smallest absolute Gasteiger partial charge is 0.205 e. The van der Waals surface area contributed by atoms with Crippen LogP contribution in [0.1, 0.15) is 37.2 Å². The first-order chi connectivity index (χ1) is 11.1. The molecule has 1 aliphatic heterocycles. The van der Waals surface area contributed by atoms with Crippen LogP contribution in [-0.2, 0) is 0 Å². The lowest BCUT2D eigenvalue weighted by Gasteiger charge is -2.24. The Morgan fingerprint density at radius 1 is 1.22 bits per heavy atom. The molecule has 23 heavy (non-hydrogen) atoms. The van der Waals surface area contributed by atoms with Gasteiger partial charge in [-0.2, -0.15) is 0 Å². The minimum Gasteiger partial charge on any atom is -0.352 e. The molecule has 1 aromatic heterocycles. The lowest BCUT2D eigenvalue weighted by Crippen LogP contribution is -2.34. The lowest BCUT2D eigenvalue weighted by atomic mass is 9.89. The van der Waals surface area contributed by atoms with Crippen molar-refractivity contribution in [1.82, 2.24) is 10.1 Å². The number of aromatic nitrogens is 1. The third-order valence-electron chi connectivity index (χ3n) is 4.62. The number of rotatable bonds is 6. The highest BCUT2D eigenvalue weighted by molar-refractivity contribution is 5.96. The van der Waals surface area contributed by atoms with Crippen molar-refractivity contribution in [3.05, 3.63) is 42.2 Å². The summed E-state index contributed by atoms with van der Waals surface area (Å²) in [4.78, 5) is 15.2. The van der Waals surface area contributed by atoms with E-state index in [1.165, 1.54) is 12.8 Å². The molecular weight excluding hydrogens is 288 g/mol. The van der Waals surface area contributed by atoms with Crippen LogP contribution in [0.15, 0.2) is 40.9 Å². The molecule has 1 atom stereocenters. The van der Waals surface area contributed by atoms with Crippen LogP contribution in [-0.4, -0.2) is 35.5 Å². The summed E-state index contributed by atoms with van der Waals surface area (Å²) in [5, 5.41) is 4.07. The predicted molar refractivity (Wildman–Crippen MR) is 90.3 cm³/mol. The molecule has 122 valence electrons. The zero-order valence-corrected chi connectivity index (χ0v) is 13.9. The summed E-state index contributed by atoms with van der Waals surface area (Å²) >= 11 is 0. The number of hydrogen-bond donors (Lipinski definition) is 0. The van der Waals surface area contributed by atoms with Crippen LogP contribution in [0.5, 0.6) is 0 Å². The van der Waals surface area contributed by atoms with Gasteiger partial charge >= 0.3 is 0 Å². The molecule has 0 radical (unpaired) electrons. The van der Waals surface area contributed by atoms with Crippen molar-refractivity contribution >= 4 is 5.78 Å². The van der Waals surface area contributed by atoms with Gasteiger partial charge in [0.2, 0.25) is 11.5 Å². The van der Waals surface area contributed by atoms with Crippen LogP contribution < -0.4 is 0 Å². The molecule has 0 N–H and O–H groups in total. The van der Waals surface area contributed by atoms with Crippen molar-refractivity contribution in [2.75, 3.05) is 19.6 Å². The molecule has 1 unspecified atom stereocenters. The molecule has 1 aromatic carbocycles. The summed E-state index contributed by atoms with van der Waals surface area (Å²) in [6.45, 7) is 7.22. The zero-order valence-electron chi connectivity index (χ0n) is 13.9. The molecule has 1 fully saturated rings. The number of Topliss-reactive ketones (excluding diaryl/α,β-unsaturated/α-hetero) is 1. The quantitative estimate of drug-likeness (QED) is 0.759. The van der Waals surface area contributed by atoms with E-state index in [4.69, 9.17) is 4.52 Å². The second kappa shape index (κ2) is 7.09. The van der Waals surface area contributed by atoms with Crippen molar-refractivity contribution in [3.63, 3.8) is 0 Å². The van der Waals surface area contributed by atoms with Crippen LogP contribution in [0.4, 0.5) is 0 Å². The summed E-state index contributed by atoms with van der Waals surface area (Å²) in [5.74, 6) is 0.696. The van der Waals surface area contributed by atoms with Gasteiger partial charge in [-0.05, 0) is 31.8 Å². The minimum atomic E-state index is -0.0373. The maximum atomic E-state index is 12.9. The number of likely N-dealkylation sites (tertiary alicyclic amines) is 1. The van der Waals surface area contributed by atoms with E-state index < -0.39 is 0 Å². The standard InChI is InChI=1S/C19H24N2O2/c1-14(2)16(13-21-10-6-7-11-21)19(22)18-12-17(20-23-18)15-8-4-3-5-9-15/h3-5,8-9,12,14,16H,6-7,10-11,13H2,1-2H3. The van der Waals surface area contributed by atoms with E-state index in [2.05, 4.69) is 23.9 Å². The molecule has 4 nitrogen and oxygen atoms in total. The number of ketones is 1. The van der Waals surface area contributed by atoms with Gasteiger partial charge in [0.25, 0.3) is 0 Å². The Balaban J connectivity index is 1.76. The predicted octanol–water partition coefficient (Wildman–Crippen LogP) is 3.89. The summed E-state index contributed by atoms with van der Waals surface area (Å²) in [6, 6.07) is 11.6. The van der Waals surface area contributed by atoms with Gasteiger partial charge in [0.1, 0.15) is 5.69 Å². The van der Waals surface area contributed by atoms with Crippen LogP contribution in [0.2, 0.25) is 0 Å². The van der Waals surface area contributed by atoms with Gasteiger partial charge in [-0.25, -0.2) is 0 Å². The highest BCUT2D eigenvalue weighted by atomic mass is 16.5. The molecule has 0 saturated carbocycles. The second-order valence-electron chi connectivity index (χ2n) is 6.66. The van der Waals surface area contributed by atoms with E-state index in [1.54, 1.807) is 6.07 Å². The van der Waals surface area contributed by atoms with Crippen molar-refractivity contribution < 1.29 is 9.32 Å². The number of benzene rings is 1.